The zero-order chi connectivity index (χ0) is 87.7. The van der Waals surface area contributed by atoms with E-state index in [2.05, 4.69) is 90.0 Å². The first kappa shape index (κ1) is 84.3. The van der Waals surface area contributed by atoms with Crippen molar-refractivity contribution in [3.8, 4) is 0 Å². The molecule has 24 aliphatic rings. The molecule has 43 atom stereocenters. The van der Waals surface area contributed by atoms with E-state index in [0.717, 1.165) is 6.42 Å². The Morgan fingerprint density at radius 2 is 0.811 bits per heavy atom. The maximum Gasteiger partial charge on any atom is 0.342 e. The molecule has 0 bridgehead atoms. The van der Waals surface area contributed by atoms with Crippen molar-refractivity contribution in [3.63, 3.8) is 0 Å². The average molecular weight is 1720 g/mol. The number of hydrogen-bond donors (Lipinski definition) is 3. The highest BCUT2D eigenvalue weighted by Gasteiger charge is 3.06. The molecule has 0 aromatic rings. The summed E-state index contributed by atoms with van der Waals surface area (Å²) in [5.41, 5.74) is -17.7. The van der Waals surface area contributed by atoms with Crippen LogP contribution in [-0.2, 0) is 147 Å². The van der Waals surface area contributed by atoms with Crippen molar-refractivity contribution in [1.29, 1.82) is 0 Å². The lowest BCUT2D eigenvalue weighted by molar-refractivity contribution is -0.268. The van der Waals surface area contributed by atoms with Crippen molar-refractivity contribution >= 4 is 41.8 Å². The van der Waals surface area contributed by atoms with Gasteiger partial charge in [0.25, 0.3) is 0 Å². The fourth-order valence-corrected chi connectivity index (χ4v) is 35.9. The van der Waals surface area contributed by atoms with E-state index in [9.17, 15) is 48.9 Å². The molecule has 16 saturated heterocycles. The average Bonchev–Trinajstić information content (AvgIpc) is 1.43. The van der Waals surface area contributed by atoms with Gasteiger partial charge in [-0.25, -0.2) is 24.0 Å². The zero-order valence-electron chi connectivity index (χ0n) is 74.2. The standard InChI is InChI=1S/2C22H30O9.C22H28O9.C22H34O7/c3*1-9-14(23)28-12-8-19-11-7-10(18(2,3)4)20(19)13(26-5)15(24)30-17(20)31-22(19,16(25)29-11)21(9,12)27-6;1-11-8-26-12-7-19-16-14(23)15(18(2,3)4)21(19)13(24-5)9-27-17(21)29-20(19,10-28-16)22(11,12)25-6/h9-13,15,17,24H,7-8H2,1-6H3;9-14,17,23H,7-8H2,1-6H3;9-13,17H,7-8H2,1-6H3;11-17,23H,7-10H2,1-6H3/t9-,10+,11?,12?,13+,15+,17+,19?,20?,21-,22?;9-,10+,11?,12?,13+,14?,17+,19?,20?,21-,22?;9-,10+,11?,12?,13+,17+,19?,20?,21-,22?;11-,12?,13+,14-,15+,16?,17+,19?,20?,21?,22-/m1111/s1. The topological polar surface area (TPSA) is 402 Å². The van der Waals surface area contributed by atoms with Crippen LogP contribution in [0.15, 0.2) is 0 Å². The fraction of sp³-hybridized carbons (Fsp3) is 0.920. The molecule has 8 saturated carbocycles. The predicted molar refractivity (Wildman–Crippen MR) is 404 cm³/mol. The van der Waals surface area contributed by atoms with Crippen LogP contribution in [0.25, 0.3) is 0 Å². The lowest BCUT2D eigenvalue weighted by Gasteiger charge is -2.50. The lowest BCUT2D eigenvalue weighted by Crippen LogP contribution is -2.67. The van der Waals surface area contributed by atoms with E-state index in [4.69, 9.17) is 114 Å². The minimum Gasteiger partial charge on any atom is -0.459 e. The highest BCUT2D eigenvalue weighted by Crippen LogP contribution is 2.91. The minimum atomic E-state index is -1.63. The van der Waals surface area contributed by atoms with Gasteiger partial charge in [0.05, 0.1) is 100 Å². The number of aliphatic hydroxyl groups excluding tert-OH is 3. The smallest absolute Gasteiger partial charge is 0.342 e. The molecular formula is C88H122O34. The SMILES string of the molecule is CO[C@H]1C(=O)O[C@H]2OC34C(=O)OC5C[C@@H](C(C)(C)C)C21C53CC1OC(=O)[C@@H](C)[C@@]14OC.CO[C@H]1C(=O)O[C@H]2OC34C(=O)OC5C[C@@H](C(C)(C)C)C21C53CC1OC(O)[C@@H](C)[C@@]14OC.CO[C@H]1CO[C@H]2OC34COC5[C@H](O)[C@@H](C(C)(C)C)C21C53CC1OC[C@@H](C)[C@@]14OC.CO[C@H]1[C@@H](O)O[C@H]2OC34C(=O)OC5C[C@@H](C(C)(C)C)C21C53CC1OC(=O)[C@@H](C)[C@@]14OC. The van der Waals surface area contributed by atoms with Crippen molar-refractivity contribution in [2.45, 2.75) is 318 Å². The van der Waals surface area contributed by atoms with Gasteiger partial charge in [-0.15, -0.1) is 0 Å². The van der Waals surface area contributed by atoms with Gasteiger partial charge in [-0.2, -0.15) is 0 Å². The number of methoxy groups -OCH3 is 8. The van der Waals surface area contributed by atoms with Crippen LogP contribution in [0.5, 0.6) is 0 Å². The second-order valence-electron chi connectivity index (χ2n) is 44.5. The van der Waals surface area contributed by atoms with Crippen molar-refractivity contribution in [2.24, 2.45) is 112 Å². The fourth-order valence-electron chi connectivity index (χ4n) is 35.9. The maximum absolute atomic E-state index is 13.7. The molecule has 24 fully saturated rings. The van der Waals surface area contributed by atoms with Crippen LogP contribution in [-0.4, -0.2) is 296 Å². The zero-order valence-corrected chi connectivity index (χ0v) is 74.2. The van der Waals surface area contributed by atoms with Crippen molar-refractivity contribution in [1.82, 2.24) is 0 Å². The highest BCUT2D eigenvalue weighted by atomic mass is 16.8. The second-order valence-corrected chi connectivity index (χ2v) is 44.5. The summed E-state index contributed by atoms with van der Waals surface area (Å²) in [5.74, 6) is -5.72. The molecule has 0 aromatic carbocycles. The molecule has 34 heteroatoms. The molecule has 678 valence electrons. The van der Waals surface area contributed by atoms with E-state index in [1.54, 1.807) is 42.1 Å². The van der Waals surface area contributed by atoms with Gasteiger partial charge in [-0.3, -0.25) is 9.59 Å². The molecule has 21 unspecified atom stereocenters. The number of carbonyl (C=O) groups is 7. The summed E-state index contributed by atoms with van der Waals surface area (Å²) in [7, 11) is 12.5. The largest absolute Gasteiger partial charge is 0.459 e. The van der Waals surface area contributed by atoms with Crippen molar-refractivity contribution in [2.75, 3.05) is 76.7 Å². The Labute approximate surface area is 708 Å². The molecule has 16 heterocycles. The summed E-state index contributed by atoms with van der Waals surface area (Å²) in [5, 5.41) is 33.1. The van der Waals surface area contributed by atoms with Crippen LogP contribution in [0.1, 0.15) is 156 Å². The van der Waals surface area contributed by atoms with Crippen molar-refractivity contribution in [3.05, 3.63) is 0 Å². The molecule has 24 rings (SSSR count). The van der Waals surface area contributed by atoms with E-state index in [-0.39, 0.29) is 76.0 Å². The monoisotopic (exact) mass is 1720 g/mol. The van der Waals surface area contributed by atoms with Crippen LogP contribution >= 0.6 is 0 Å². The summed E-state index contributed by atoms with van der Waals surface area (Å²) in [6, 6.07) is 0. The summed E-state index contributed by atoms with van der Waals surface area (Å²) in [6.45, 7) is 34.5. The second kappa shape index (κ2) is 24.6. The molecule has 0 amide bonds. The Balaban J connectivity index is 0.000000100. The molecule has 0 radical (unpaired) electrons. The lowest BCUT2D eigenvalue weighted by atomic mass is 9.51. The summed E-state index contributed by atoms with van der Waals surface area (Å²) in [6.07, 6.45) is -9.49. The number of carbonyl (C=O) groups excluding carboxylic acids is 7. The first-order valence-electron chi connectivity index (χ1n) is 43.9. The number of aliphatic hydroxyl groups is 3. The van der Waals surface area contributed by atoms with Gasteiger partial charge in [-0.05, 0) is 85.4 Å². The number of esters is 7. The van der Waals surface area contributed by atoms with E-state index in [1.165, 1.54) is 35.5 Å². The van der Waals surface area contributed by atoms with Crippen LogP contribution < -0.4 is 0 Å². The Morgan fingerprint density at radius 1 is 0.377 bits per heavy atom. The van der Waals surface area contributed by atoms with Gasteiger partial charge in [0.2, 0.25) is 29.4 Å². The molecule has 8 spiro atoms. The number of hydrogen-bond acceptors (Lipinski definition) is 34. The van der Waals surface area contributed by atoms with E-state index < -0.39 is 246 Å². The van der Waals surface area contributed by atoms with Crippen LogP contribution in [0.2, 0.25) is 0 Å². The van der Waals surface area contributed by atoms with Gasteiger partial charge in [0.1, 0.15) is 53.4 Å². The Morgan fingerprint density at radius 3 is 1.25 bits per heavy atom. The normalized spacial score (nSPS) is 58.9. The van der Waals surface area contributed by atoms with Crippen LogP contribution in [0.3, 0.4) is 0 Å². The Kier molecular flexibility index (Phi) is 17.0. The molecular weight excluding hydrogens is 1600 g/mol. The molecule has 3 N–H and O–H groups in total. The third kappa shape index (κ3) is 7.63. The summed E-state index contributed by atoms with van der Waals surface area (Å²) < 4.78 is 147. The van der Waals surface area contributed by atoms with Gasteiger partial charge < -0.3 is 129 Å². The highest BCUT2D eigenvalue weighted by molar-refractivity contribution is 5.95. The maximum atomic E-state index is 13.7. The van der Waals surface area contributed by atoms with E-state index in [1.807, 2.05) is 0 Å². The first-order valence-corrected chi connectivity index (χ1v) is 43.9. The van der Waals surface area contributed by atoms with Gasteiger partial charge in [-0.1, -0.05) is 96.9 Å². The van der Waals surface area contributed by atoms with E-state index >= 15 is 0 Å². The van der Waals surface area contributed by atoms with E-state index in [0.29, 0.717) is 51.9 Å². The Bertz CT molecular complexity index is 4530. The molecule has 0 aromatic heterocycles. The van der Waals surface area contributed by atoms with Crippen molar-refractivity contribution < 1.29 is 163 Å². The number of ether oxygens (including phenoxy) is 24. The quantitative estimate of drug-likeness (QED) is 0.229. The predicted octanol–water partition coefficient (Wildman–Crippen LogP) is 3.85. The molecule has 122 heavy (non-hydrogen) atoms. The molecule has 8 aliphatic carbocycles. The third-order valence-electron chi connectivity index (χ3n) is 38.4. The Hall–Kier alpha value is -4.51. The minimum absolute atomic E-state index is 0.0502. The van der Waals surface area contributed by atoms with Crippen LogP contribution in [0, 0.1) is 112 Å². The van der Waals surface area contributed by atoms with Crippen LogP contribution in [0.4, 0.5) is 0 Å². The number of rotatable bonds is 8. The first-order chi connectivity index (χ1) is 57.2. The van der Waals surface area contributed by atoms with Gasteiger partial charge in [0, 0.05) is 92.9 Å². The third-order valence-corrected chi connectivity index (χ3v) is 38.4. The molecule has 16 aliphatic heterocycles. The summed E-state index contributed by atoms with van der Waals surface area (Å²) in [4.78, 5) is 92.3. The van der Waals surface area contributed by atoms with Gasteiger partial charge in [0.15, 0.2) is 48.6 Å². The molecule has 34 nitrogen and oxygen atoms in total. The van der Waals surface area contributed by atoms with Gasteiger partial charge >= 0.3 is 41.8 Å². The summed E-state index contributed by atoms with van der Waals surface area (Å²) >= 11 is 0. The number of fused-ring (bicyclic) bond motifs is 4.